The number of aromatic nitrogens is 1. The van der Waals surface area contributed by atoms with Crippen LogP contribution in [0.4, 0.5) is 5.82 Å². The summed E-state index contributed by atoms with van der Waals surface area (Å²) in [5, 5.41) is 10.5. The first-order valence-electron chi connectivity index (χ1n) is 4.99. The van der Waals surface area contributed by atoms with Crippen molar-refractivity contribution in [2.75, 3.05) is 13.1 Å². The minimum atomic E-state index is -0.612. The Labute approximate surface area is 93.1 Å². The van der Waals surface area contributed by atoms with Gasteiger partial charge in [-0.3, -0.25) is 4.79 Å². The SMILES string of the molecule is CCN(CC)C(=O)c1ccnc([N+](=O)[O-])c1. The smallest absolute Gasteiger partial charge is 0.358 e. The van der Waals surface area contributed by atoms with Crippen LogP contribution in [0.3, 0.4) is 0 Å². The van der Waals surface area contributed by atoms with E-state index in [0.29, 0.717) is 18.7 Å². The third kappa shape index (κ3) is 2.53. The van der Waals surface area contributed by atoms with E-state index in [4.69, 9.17) is 0 Å². The number of hydrogen-bond donors (Lipinski definition) is 0. The fourth-order valence-corrected chi connectivity index (χ4v) is 1.34. The lowest BCUT2D eigenvalue weighted by Crippen LogP contribution is -2.30. The van der Waals surface area contributed by atoms with E-state index in [1.807, 2.05) is 13.8 Å². The van der Waals surface area contributed by atoms with Gasteiger partial charge in [0, 0.05) is 19.2 Å². The van der Waals surface area contributed by atoms with Crippen molar-refractivity contribution in [1.82, 2.24) is 9.88 Å². The van der Waals surface area contributed by atoms with Gasteiger partial charge in [-0.15, -0.1) is 0 Å². The van der Waals surface area contributed by atoms with Crippen LogP contribution in [0, 0.1) is 10.1 Å². The number of hydrogen-bond acceptors (Lipinski definition) is 4. The second-order valence-electron chi connectivity index (χ2n) is 3.14. The summed E-state index contributed by atoms with van der Waals surface area (Å²) in [6, 6.07) is 2.67. The molecule has 16 heavy (non-hydrogen) atoms. The summed E-state index contributed by atoms with van der Waals surface area (Å²) in [7, 11) is 0. The van der Waals surface area contributed by atoms with Crippen molar-refractivity contribution >= 4 is 11.7 Å². The summed E-state index contributed by atoms with van der Waals surface area (Å²) in [5.41, 5.74) is 0.297. The van der Waals surface area contributed by atoms with Gasteiger partial charge in [-0.25, -0.2) is 0 Å². The van der Waals surface area contributed by atoms with E-state index < -0.39 is 4.92 Å². The Morgan fingerprint density at radius 2 is 2.12 bits per heavy atom. The highest BCUT2D eigenvalue weighted by Crippen LogP contribution is 2.11. The molecule has 0 unspecified atom stereocenters. The van der Waals surface area contributed by atoms with Crippen molar-refractivity contribution in [2.45, 2.75) is 13.8 Å². The van der Waals surface area contributed by atoms with Crippen LogP contribution in [0.25, 0.3) is 0 Å². The number of pyridine rings is 1. The number of carbonyl (C=O) groups excluding carboxylic acids is 1. The fourth-order valence-electron chi connectivity index (χ4n) is 1.34. The van der Waals surface area contributed by atoms with E-state index >= 15 is 0 Å². The number of nitrogens with zero attached hydrogens (tertiary/aromatic N) is 3. The van der Waals surface area contributed by atoms with Crippen LogP contribution in [0.15, 0.2) is 18.3 Å². The van der Waals surface area contributed by atoms with E-state index in [1.165, 1.54) is 18.3 Å². The van der Waals surface area contributed by atoms with Gasteiger partial charge >= 0.3 is 5.82 Å². The summed E-state index contributed by atoms with van der Waals surface area (Å²) in [5.74, 6) is -0.520. The minimum absolute atomic E-state index is 0.212. The Bertz CT molecular complexity index is 402. The van der Waals surface area contributed by atoms with Crippen molar-refractivity contribution in [3.63, 3.8) is 0 Å². The molecular formula is C10H13N3O3. The highest BCUT2D eigenvalue weighted by atomic mass is 16.6. The van der Waals surface area contributed by atoms with Crippen LogP contribution in [0.1, 0.15) is 24.2 Å². The number of carbonyl (C=O) groups is 1. The highest BCUT2D eigenvalue weighted by molar-refractivity contribution is 5.94. The molecule has 0 saturated carbocycles. The van der Waals surface area contributed by atoms with Crippen LogP contribution in [-0.2, 0) is 0 Å². The molecule has 1 rings (SSSR count). The second kappa shape index (κ2) is 5.20. The molecule has 1 amide bonds. The van der Waals surface area contributed by atoms with Crippen molar-refractivity contribution in [3.8, 4) is 0 Å². The van der Waals surface area contributed by atoms with Gasteiger partial charge in [-0.05, 0) is 29.8 Å². The lowest BCUT2D eigenvalue weighted by Gasteiger charge is -2.17. The monoisotopic (exact) mass is 223 g/mol. The molecule has 0 N–H and O–H groups in total. The van der Waals surface area contributed by atoms with E-state index in [-0.39, 0.29) is 11.7 Å². The number of nitro groups is 1. The predicted octanol–water partition coefficient (Wildman–Crippen LogP) is 1.47. The standard InChI is InChI=1S/C10H13N3O3/c1-3-12(4-2)10(14)8-5-6-11-9(7-8)13(15)16/h5-7H,3-4H2,1-2H3. The Morgan fingerprint density at radius 3 is 2.62 bits per heavy atom. The molecular weight excluding hydrogens is 210 g/mol. The fraction of sp³-hybridized carbons (Fsp3) is 0.400. The van der Waals surface area contributed by atoms with Gasteiger partial charge < -0.3 is 15.0 Å². The van der Waals surface area contributed by atoms with E-state index in [2.05, 4.69) is 4.98 Å². The third-order valence-corrected chi connectivity index (χ3v) is 2.23. The zero-order valence-electron chi connectivity index (χ0n) is 9.21. The Balaban J connectivity index is 3.00. The molecule has 86 valence electrons. The summed E-state index contributed by atoms with van der Waals surface area (Å²) >= 11 is 0. The molecule has 0 aromatic carbocycles. The molecule has 0 spiro atoms. The largest absolute Gasteiger partial charge is 0.364 e. The van der Waals surface area contributed by atoms with Gasteiger partial charge in [0.15, 0.2) is 0 Å². The lowest BCUT2D eigenvalue weighted by atomic mass is 10.2. The maximum atomic E-state index is 11.9. The molecule has 1 aromatic heterocycles. The average Bonchev–Trinajstić information content (AvgIpc) is 2.30. The maximum absolute atomic E-state index is 11.9. The first-order valence-corrected chi connectivity index (χ1v) is 4.99. The van der Waals surface area contributed by atoms with Crippen LogP contribution in [0.2, 0.25) is 0 Å². The molecule has 6 nitrogen and oxygen atoms in total. The van der Waals surface area contributed by atoms with Crippen LogP contribution < -0.4 is 0 Å². The van der Waals surface area contributed by atoms with Gasteiger partial charge in [0.1, 0.15) is 6.20 Å². The van der Waals surface area contributed by atoms with Gasteiger partial charge in [-0.2, -0.15) is 0 Å². The molecule has 0 aliphatic heterocycles. The van der Waals surface area contributed by atoms with Crippen molar-refractivity contribution in [1.29, 1.82) is 0 Å². The van der Waals surface area contributed by atoms with Crippen molar-refractivity contribution in [2.24, 2.45) is 0 Å². The first-order chi connectivity index (χ1) is 7.60. The third-order valence-electron chi connectivity index (χ3n) is 2.23. The summed E-state index contributed by atoms with van der Waals surface area (Å²) < 4.78 is 0. The van der Waals surface area contributed by atoms with Gasteiger partial charge in [0.2, 0.25) is 0 Å². The molecule has 0 aliphatic rings. The van der Waals surface area contributed by atoms with Gasteiger partial charge in [0.05, 0.1) is 5.56 Å². The Hall–Kier alpha value is -1.98. The normalized spacial score (nSPS) is 9.88. The quantitative estimate of drug-likeness (QED) is 0.572. The second-order valence-corrected chi connectivity index (χ2v) is 3.14. The molecule has 0 aliphatic carbocycles. The minimum Gasteiger partial charge on any atom is -0.358 e. The number of amides is 1. The molecule has 0 radical (unpaired) electrons. The van der Waals surface area contributed by atoms with Crippen LogP contribution in [-0.4, -0.2) is 33.8 Å². The molecule has 1 aromatic rings. The maximum Gasteiger partial charge on any atom is 0.364 e. The Kier molecular flexibility index (Phi) is 3.93. The zero-order valence-corrected chi connectivity index (χ0v) is 9.21. The first kappa shape index (κ1) is 12.1. The van der Waals surface area contributed by atoms with Crippen molar-refractivity contribution < 1.29 is 9.72 Å². The van der Waals surface area contributed by atoms with E-state index in [0.717, 1.165) is 0 Å². The summed E-state index contributed by atoms with van der Waals surface area (Å²) in [6.45, 7) is 4.87. The van der Waals surface area contributed by atoms with Crippen LogP contribution >= 0.6 is 0 Å². The summed E-state index contributed by atoms with van der Waals surface area (Å²) in [4.78, 5) is 26.9. The van der Waals surface area contributed by atoms with E-state index in [1.54, 1.807) is 4.90 Å². The highest BCUT2D eigenvalue weighted by Gasteiger charge is 2.16. The molecule has 0 saturated heterocycles. The molecule has 0 fully saturated rings. The van der Waals surface area contributed by atoms with Crippen LogP contribution in [0.5, 0.6) is 0 Å². The molecule has 0 bridgehead atoms. The van der Waals surface area contributed by atoms with Gasteiger partial charge in [-0.1, -0.05) is 0 Å². The van der Waals surface area contributed by atoms with E-state index in [9.17, 15) is 14.9 Å². The average molecular weight is 223 g/mol. The topological polar surface area (TPSA) is 76.3 Å². The van der Waals surface area contributed by atoms with Crippen molar-refractivity contribution in [3.05, 3.63) is 34.0 Å². The van der Waals surface area contributed by atoms with Gasteiger partial charge in [0.25, 0.3) is 5.91 Å². The summed E-state index contributed by atoms with van der Waals surface area (Å²) in [6.07, 6.45) is 1.27. The molecule has 1 heterocycles. The molecule has 6 heteroatoms. The molecule has 0 atom stereocenters. The Morgan fingerprint density at radius 1 is 1.50 bits per heavy atom. The zero-order chi connectivity index (χ0) is 12.1. The lowest BCUT2D eigenvalue weighted by molar-refractivity contribution is -0.389. The number of rotatable bonds is 4. The predicted molar refractivity (Wildman–Crippen MR) is 58.1 cm³/mol.